The van der Waals surface area contributed by atoms with E-state index >= 15 is 0 Å². The maximum absolute atomic E-state index is 3.69. The molecule has 2 heteroatoms. The lowest BCUT2D eigenvalue weighted by Crippen LogP contribution is -2.41. The van der Waals surface area contributed by atoms with Gasteiger partial charge in [-0.3, -0.25) is 0 Å². The van der Waals surface area contributed by atoms with Crippen molar-refractivity contribution in [3.63, 3.8) is 0 Å². The molecule has 0 bridgehead atoms. The number of alkyl halides is 1. The smallest absolute Gasteiger partial charge is 0.0401 e. The van der Waals surface area contributed by atoms with Gasteiger partial charge in [0.2, 0.25) is 0 Å². The molecular weight excluding hydrogens is 274 g/mol. The molecule has 1 fully saturated rings. The minimum absolute atomic E-state index is 0.568. The summed E-state index contributed by atoms with van der Waals surface area (Å²) in [6, 6.07) is 9.64. The Morgan fingerprint density at radius 1 is 1.35 bits per heavy atom. The number of para-hydroxylation sites is 1. The molecule has 0 amide bonds. The summed E-state index contributed by atoms with van der Waals surface area (Å²) in [7, 11) is 0. The second kappa shape index (κ2) is 4.31. The van der Waals surface area contributed by atoms with Gasteiger partial charge in [-0.1, -0.05) is 34.1 Å². The number of benzene rings is 1. The maximum Gasteiger partial charge on any atom is 0.0401 e. The lowest BCUT2D eigenvalue weighted by Gasteiger charge is -2.39. The number of hydrogen-bond donors (Lipinski definition) is 0. The molecule has 3 rings (SSSR count). The molecule has 1 aromatic carbocycles. The molecule has 0 spiro atoms. The summed E-state index contributed by atoms with van der Waals surface area (Å²) in [5.74, 6) is 0. The highest BCUT2D eigenvalue weighted by atomic mass is 79.9. The highest BCUT2D eigenvalue weighted by molar-refractivity contribution is 9.09. The molecule has 0 radical (unpaired) electrons. The van der Waals surface area contributed by atoms with Gasteiger partial charge in [0, 0.05) is 23.6 Å². The largest absolute Gasteiger partial charge is 0.368 e. The Labute approximate surface area is 112 Å². The molecule has 0 N–H and O–H groups in total. The van der Waals surface area contributed by atoms with Crippen LogP contribution in [0.3, 0.4) is 0 Å². The average molecular weight is 294 g/mol. The van der Waals surface area contributed by atoms with Crippen molar-refractivity contribution in [1.29, 1.82) is 0 Å². The summed E-state index contributed by atoms with van der Waals surface area (Å²) in [5, 5.41) is 1.16. The first-order valence-corrected chi connectivity index (χ1v) is 7.77. The van der Waals surface area contributed by atoms with Gasteiger partial charge >= 0.3 is 0 Å². The van der Waals surface area contributed by atoms with E-state index in [4.69, 9.17) is 0 Å². The minimum atomic E-state index is 0.568. The molecule has 1 saturated carbocycles. The molecule has 0 saturated heterocycles. The van der Waals surface area contributed by atoms with E-state index in [1.54, 1.807) is 0 Å². The van der Waals surface area contributed by atoms with Crippen LogP contribution in [-0.2, 0) is 6.42 Å². The second-order valence-corrected chi connectivity index (χ2v) is 6.34. The molecular formula is C15H20BrN. The molecule has 0 aromatic heterocycles. The molecule has 1 aliphatic heterocycles. The highest BCUT2D eigenvalue weighted by Crippen LogP contribution is 2.49. The highest BCUT2D eigenvalue weighted by Gasteiger charge is 2.44. The van der Waals surface area contributed by atoms with E-state index in [-0.39, 0.29) is 0 Å². The van der Waals surface area contributed by atoms with Crippen molar-refractivity contribution in [2.45, 2.75) is 38.6 Å². The maximum atomic E-state index is 3.69. The van der Waals surface area contributed by atoms with Crippen molar-refractivity contribution in [3.8, 4) is 0 Å². The standard InChI is InChI=1S/C15H20BrN/c1-12-6-7-13-4-2-3-5-14(13)17(12)11-15(10-16)8-9-15/h2-5,12H,6-11H2,1H3. The summed E-state index contributed by atoms with van der Waals surface area (Å²) < 4.78 is 0. The fourth-order valence-electron chi connectivity index (χ4n) is 2.87. The van der Waals surface area contributed by atoms with Gasteiger partial charge in [0.05, 0.1) is 0 Å². The Balaban J connectivity index is 1.87. The molecule has 1 aliphatic carbocycles. The molecule has 1 heterocycles. The van der Waals surface area contributed by atoms with Crippen molar-refractivity contribution >= 4 is 21.6 Å². The Morgan fingerprint density at radius 2 is 2.12 bits per heavy atom. The number of hydrogen-bond acceptors (Lipinski definition) is 1. The zero-order valence-corrected chi connectivity index (χ0v) is 12.0. The van der Waals surface area contributed by atoms with Gasteiger partial charge in [-0.25, -0.2) is 0 Å². The van der Waals surface area contributed by atoms with Crippen LogP contribution in [0.25, 0.3) is 0 Å². The van der Waals surface area contributed by atoms with Gasteiger partial charge in [0.1, 0.15) is 0 Å². The Bertz CT molecular complexity index is 411. The van der Waals surface area contributed by atoms with E-state index in [1.165, 1.54) is 43.5 Å². The summed E-state index contributed by atoms with van der Waals surface area (Å²) in [4.78, 5) is 2.65. The predicted molar refractivity (Wildman–Crippen MR) is 77.0 cm³/mol. The van der Waals surface area contributed by atoms with Gasteiger partial charge in [-0.15, -0.1) is 0 Å². The molecule has 92 valence electrons. The van der Waals surface area contributed by atoms with Crippen LogP contribution < -0.4 is 4.90 Å². The fourth-order valence-corrected chi connectivity index (χ4v) is 3.61. The van der Waals surface area contributed by atoms with Crippen LogP contribution in [0.2, 0.25) is 0 Å². The fraction of sp³-hybridized carbons (Fsp3) is 0.600. The lowest BCUT2D eigenvalue weighted by atomic mass is 9.95. The zero-order valence-electron chi connectivity index (χ0n) is 10.5. The SMILES string of the molecule is CC1CCc2ccccc2N1CC1(CBr)CC1. The third-order valence-electron chi connectivity index (χ3n) is 4.41. The van der Waals surface area contributed by atoms with Crippen LogP contribution in [0.5, 0.6) is 0 Å². The molecule has 1 atom stereocenters. The third kappa shape index (κ3) is 2.12. The van der Waals surface area contributed by atoms with Gasteiger partial charge < -0.3 is 4.90 Å². The Morgan fingerprint density at radius 3 is 2.82 bits per heavy atom. The van der Waals surface area contributed by atoms with Gasteiger partial charge in [-0.2, -0.15) is 0 Å². The molecule has 1 unspecified atom stereocenters. The van der Waals surface area contributed by atoms with Crippen molar-refractivity contribution < 1.29 is 0 Å². The molecule has 1 aromatic rings. The van der Waals surface area contributed by atoms with Gasteiger partial charge in [0.25, 0.3) is 0 Å². The van der Waals surface area contributed by atoms with Crippen molar-refractivity contribution in [3.05, 3.63) is 29.8 Å². The van der Waals surface area contributed by atoms with Crippen LogP contribution in [0, 0.1) is 5.41 Å². The monoisotopic (exact) mass is 293 g/mol. The van der Waals surface area contributed by atoms with Crippen LogP contribution in [0.1, 0.15) is 31.7 Å². The summed E-state index contributed by atoms with van der Waals surface area (Å²) in [6.07, 6.45) is 5.33. The topological polar surface area (TPSA) is 3.24 Å². The summed E-state index contributed by atoms with van der Waals surface area (Å²) in [6.45, 7) is 3.61. The van der Waals surface area contributed by atoms with Crippen molar-refractivity contribution in [2.75, 3.05) is 16.8 Å². The predicted octanol–water partition coefficient (Wildman–Crippen LogP) is 4.00. The summed E-state index contributed by atoms with van der Waals surface area (Å²) in [5.41, 5.74) is 3.59. The van der Waals surface area contributed by atoms with Gasteiger partial charge in [-0.05, 0) is 49.7 Å². The first-order valence-electron chi connectivity index (χ1n) is 6.65. The lowest BCUT2D eigenvalue weighted by molar-refractivity contribution is 0.486. The van der Waals surface area contributed by atoms with Crippen LogP contribution in [0.4, 0.5) is 5.69 Å². The van der Waals surface area contributed by atoms with Crippen LogP contribution >= 0.6 is 15.9 Å². The van der Waals surface area contributed by atoms with Gasteiger partial charge in [0.15, 0.2) is 0 Å². The normalized spacial score (nSPS) is 25.5. The van der Waals surface area contributed by atoms with Crippen molar-refractivity contribution in [1.82, 2.24) is 0 Å². The molecule has 17 heavy (non-hydrogen) atoms. The van der Waals surface area contributed by atoms with Crippen molar-refractivity contribution in [2.24, 2.45) is 5.41 Å². The Kier molecular flexibility index (Phi) is 2.94. The first-order chi connectivity index (χ1) is 8.24. The first kappa shape index (κ1) is 11.6. The number of nitrogens with zero attached hydrogens (tertiary/aromatic N) is 1. The van der Waals surface area contributed by atoms with Crippen LogP contribution in [-0.4, -0.2) is 17.9 Å². The van der Waals surface area contributed by atoms with E-state index in [1.807, 2.05) is 0 Å². The number of fused-ring (bicyclic) bond motifs is 1. The molecule has 1 nitrogen and oxygen atoms in total. The van der Waals surface area contributed by atoms with E-state index < -0.39 is 0 Å². The van der Waals surface area contributed by atoms with E-state index in [0.29, 0.717) is 11.5 Å². The third-order valence-corrected chi connectivity index (χ3v) is 5.60. The number of anilines is 1. The van der Waals surface area contributed by atoms with E-state index in [0.717, 1.165) is 5.33 Å². The quantitative estimate of drug-likeness (QED) is 0.762. The number of aryl methyl sites for hydroxylation is 1. The number of rotatable bonds is 3. The van der Waals surface area contributed by atoms with Crippen LogP contribution in [0.15, 0.2) is 24.3 Å². The van der Waals surface area contributed by atoms with E-state index in [2.05, 4.69) is 52.0 Å². The summed E-state index contributed by atoms with van der Waals surface area (Å²) >= 11 is 3.69. The zero-order chi connectivity index (χ0) is 11.9. The minimum Gasteiger partial charge on any atom is -0.368 e. The van der Waals surface area contributed by atoms with E-state index in [9.17, 15) is 0 Å². The number of halogens is 1. The average Bonchev–Trinajstić information content (AvgIpc) is 3.14. The second-order valence-electron chi connectivity index (χ2n) is 5.78. The molecule has 2 aliphatic rings. The Hall–Kier alpha value is -0.500.